The molecule has 0 saturated heterocycles. The molecule has 1 saturated carbocycles. The Balaban J connectivity index is 2.47. The maximum absolute atomic E-state index is 10.6. The highest BCUT2D eigenvalue weighted by Crippen LogP contribution is 2.46. The van der Waals surface area contributed by atoms with Crippen LogP contribution in [-0.4, -0.2) is 30.1 Å². The minimum atomic E-state index is -1.40. The van der Waals surface area contributed by atoms with Gasteiger partial charge in [-0.1, -0.05) is 13.8 Å². The number of carbonyl (C=O) groups is 2. The number of aliphatic hydroxyl groups excluding tert-OH is 1. The Kier molecular flexibility index (Phi) is 2.83. The van der Waals surface area contributed by atoms with Crippen molar-refractivity contribution in [2.24, 2.45) is 11.3 Å². The molecule has 0 bridgehead atoms. The van der Waals surface area contributed by atoms with Crippen molar-refractivity contribution >= 4 is 12.6 Å². The predicted octanol–water partition coefficient (Wildman–Crippen LogP) is 0.134. The number of hydrogen-bond acceptors (Lipinski definition) is 4. The topological polar surface area (TPSA) is 63.6 Å². The van der Waals surface area contributed by atoms with E-state index in [1.54, 1.807) is 0 Å². The zero-order valence-corrected chi connectivity index (χ0v) is 7.77. The summed E-state index contributed by atoms with van der Waals surface area (Å²) < 4.78 is 4.93. The highest BCUT2D eigenvalue weighted by molar-refractivity contribution is 5.59. The summed E-state index contributed by atoms with van der Waals surface area (Å²) in [4.78, 5) is 20.7. The fourth-order valence-electron chi connectivity index (χ4n) is 1.74. The lowest BCUT2D eigenvalue weighted by molar-refractivity contribution is -0.201. The summed E-state index contributed by atoms with van der Waals surface area (Å²) in [5.74, 6) is -0.220. The van der Waals surface area contributed by atoms with E-state index in [1.807, 2.05) is 13.8 Å². The van der Waals surface area contributed by atoms with E-state index in [-0.39, 0.29) is 17.4 Å². The molecule has 0 aliphatic heterocycles. The van der Waals surface area contributed by atoms with Crippen molar-refractivity contribution in [3.63, 3.8) is 0 Å². The SMILES string of the molecule is CC1(C)CC(O[C@H](O)C=O)C1C=O. The van der Waals surface area contributed by atoms with Crippen LogP contribution in [0.2, 0.25) is 0 Å². The Hall–Kier alpha value is -0.740. The van der Waals surface area contributed by atoms with Crippen LogP contribution in [0.4, 0.5) is 0 Å². The molecule has 0 aromatic heterocycles. The van der Waals surface area contributed by atoms with Gasteiger partial charge in [-0.05, 0) is 11.8 Å². The summed E-state index contributed by atoms with van der Waals surface area (Å²) >= 11 is 0. The molecule has 2 unspecified atom stereocenters. The molecule has 74 valence electrons. The number of aliphatic hydroxyl groups is 1. The van der Waals surface area contributed by atoms with Gasteiger partial charge in [0.1, 0.15) is 6.29 Å². The molecule has 1 N–H and O–H groups in total. The third kappa shape index (κ3) is 1.95. The Labute approximate surface area is 76.9 Å². The highest BCUT2D eigenvalue weighted by atomic mass is 16.6. The maximum Gasteiger partial charge on any atom is 0.212 e. The van der Waals surface area contributed by atoms with Crippen LogP contribution in [0.3, 0.4) is 0 Å². The molecule has 1 aliphatic rings. The Morgan fingerprint density at radius 2 is 2.15 bits per heavy atom. The minimum absolute atomic E-state index is 0.0744. The summed E-state index contributed by atoms with van der Waals surface area (Å²) in [5.41, 5.74) is -0.0744. The number of carbonyl (C=O) groups excluding carboxylic acids is 2. The van der Waals surface area contributed by atoms with E-state index in [1.165, 1.54) is 0 Å². The number of hydrogen-bond donors (Lipinski definition) is 1. The van der Waals surface area contributed by atoms with Gasteiger partial charge in [-0.3, -0.25) is 4.79 Å². The van der Waals surface area contributed by atoms with E-state index in [9.17, 15) is 9.59 Å². The Morgan fingerprint density at radius 3 is 2.54 bits per heavy atom. The van der Waals surface area contributed by atoms with E-state index >= 15 is 0 Å². The molecule has 0 amide bonds. The molecule has 1 fully saturated rings. The largest absolute Gasteiger partial charge is 0.362 e. The lowest BCUT2D eigenvalue weighted by Crippen LogP contribution is -2.51. The molecule has 1 aliphatic carbocycles. The molecule has 1 rings (SSSR count). The zero-order chi connectivity index (χ0) is 10.1. The maximum atomic E-state index is 10.6. The zero-order valence-electron chi connectivity index (χ0n) is 7.77. The van der Waals surface area contributed by atoms with Crippen LogP contribution < -0.4 is 0 Å². The highest BCUT2D eigenvalue weighted by Gasteiger charge is 2.48. The third-order valence-corrected chi connectivity index (χ3v) is 2.61. The molecule has 0 spiro atoms. The van der Waals surface area contributed by atoms with Gasteiger partial charge in [0.2, 0.25) is 6.29 Å². The second-order valence-electron chi connectivity index (χ2n) is 4.06. The molecule has 0 radical (unpaired) electrons. The van der Waals surface area contributed by atoms with Crippen molar-refractivity contribution in [2.45, 2.75) is 32.7 Å². The molecule has 0 aromatic carbocycles. The fraction of sp³-hybridized carbons (Fsp3) is 0.778. The van der Waals surface area contributed by atoms with E-state index < -0.39 is 6.29 Å². The van der Waals surface area contributed by atoms with Crippen LogP contribution >= 0.6 is 0 Å². The second-order valence-corrected chi connectivity index (χ2v) is 4.06. The van der Waals surface area contributed by atoms with Crippen molar-refractivity contribution < 1.29 is 19.4 Å². The van der Waals surface area contributed by atoms with Crippen LogP contribution in [0.25, 0.3) is 0 Å². The predicted molar refractivity (Wildman–Crippen MR) is 44.9 cm³/mol. The van der Waals surface area contributed by atoms with Gasteiger partial charge in [-0.2, -0.15) is 0 Å². The number of ether oxygens (including phenoxy) is 1. The average Bonchev–Trinajstić information content (AvgIpc) is 2.03. The van der Waals surface area contributed by atoms with E-state index in [0.29, 0.717) is 12.7 Å². The monoisotopic (exact) mass is 186 g/mol. The van der Waals surface area contributed by atoms with Crippen LogP contribution in [-0.2, 0) is 14.3 Å². The van der Waals surface area contributed by atoms with Gasteiger partial charge in [0, 0.05) is 5.92 Å². The summed E-state index contributed by atoms with van der Waals surface area (Å²) in [6.45, 7) is 3.92. The Bertz CT molecular complexity index is 212. The first-order valence-corrected chi connectivity index (χ1v) is 4.25. The van der Waals surface area contributed by atoms with Gasteiger partial charge < -0.3 is 14.6 Å². The molecule has 0 heterocycles. The van der Waals surface area contributed by atoms with Crippen LogP contribution in [0.5, 0.6) is 0 Å². The molecular formula is C9H14O4. The van der Waals surface area contributed by atoms with Crippen molar-refractivity contribution in [1.82, 2.24) is 0 Å². The van der Waals surface area contributed by atoms with E-state index in [0.717, 1.165) is 6.29 Å². The third-order valence-electron chi connectivity index (χ3n) is 2.61. The lowest BCUT2D eigenvalue weighted by atomic mass is 9.61. The van der Waals surface area contributed by atoms with Crippen LogP contribution in [0.1, 0.15) is 20.3 Å². The van der Waals surface area contributed by atoms with Crippen molar-refractivity contribution in [2.75, 3.05) is 0 Å². The van der Waals surface area contributed by atoms with Crippen molar-refractivity contribution in [1.29, 1.82) is 0 Å². The van der Waals surface area contributed by atoms with Gasteiger partial charge in [-0.15, -0.1) is 0 Å². The quantitative estimate of drug-likeness (QED) is 0.501. The van der Waals surface area contributed by atoms with Gasteiger partial charge in [-0.25, -0.2) is 0 Å². The summed E-state index contributed by atoms with van der Waals surface area (Å²) in [6.07, 6.45) is 0.122. The van der Waals surface area contributed by atoms with Crippen molar-refractivity contribution in [3.05, 3.63) is 0 Å². The summed E-state index contributed by atoms with van der Waals surface area (Å²) in [5, 5.41) is 8.87. The average molecular weight is 186 g/mol. The van der Waals surface area contributed by atoms with Gasteiger partial charge in [0.15, 0.2) is 6.29 Å². The molecule has 3 atom stereocenters. The molecule has 4 heteroatoms. The standard InChI is InChI=1S/C9H14O4/c1-9(2)3-7(6(9)4-10)13-8(12)5-11/h4-8,12H,3H2,1-2H3/t6?,7?,8-/m0/s1. The second kappa shape index (κ2) is 3.55. The van der Waals surface area contributed by atoms with Crippen LogP contribution in [0.15, 0.2) is 0 Å². The first-order chi connectivity index (χ1) is 6.01. The fourth-order valence-corrected chi connectivity index (χ4v) is 1.74. The molecule has 0 aromatic rings. The number of rotatable bonds is 4. The van der Waals surface area contributed by atoms with Crippen LogP contribution in [0, 0.1) is 11.3 Å². The lowest BCUT2D eigenvalue weighted by Gasteiger charge is -2.48. The first kappa shape index (κ1) is 10.3. The molecule has 13 heavy (non-hydrogen) atoms. The normalized spacial score (nSPS) is 33.2. The van der Waals surface area contributed by atoms with E-state index in [2.05, 4.69) is 0 Å². The van der Waals surface area contributed by atoms with Crippen molar-refractivity contribution in [3.8, 4) is 0 Å². The minimum Gasteiger partial charge on any atom is -0.362 e. The Morgan fingerprint density at radius 1 is 1.54 bits per heavy atom. The molecular weight excluding hydrogens is 172 g/mol. The first-order valence-electron chi connectivity index (χ1n) is 4.25. The van der Waals surface area contributed by atoms with E-state index in [4.69, 9.17) is 9.84 Å². The number of aldehydes is 2. The summed E-state index contributed by atoms with van der Waals surface area (Å²) in [7, 11) is 0. The van der Waals surface area contributed by atoms with Gasteiger partial charge >= 0.3 is 0 Å². The van der Waals surface area contributed by atoms with Gasteiger partial charge in [0.05, 0.1) is 6.10 Å². The molecule has 4 nitrogen and oxygen atoms in total. The smallest absolute Gasteiger partial charge is 0.212 e. The summed E-state index contributed by atoms with van der Waals surface area (Å²) in [6, 6.07) is 0. The van der Waals surface area contributed by atoms with Gasteiger partial charge in [0.25, 0.3) is 0 Å².